The van der Waals surface area contributed by atoms with Crippen LogP contribution in [-0.2, 0) is 11.3 Å². The zero-order valence-electron chi connectivity index (χ0n) is 12.7. The molecule has 7 heteroatoms. The van der Waals surface area contributed by atoms with Crippen LogP contribution in [0.3, 0.4) is 0 Å². The van der Waals surface area contributed by atoms with E-state index in [0.717, 1.165) is 11.3 Å². The lowest BCUT2D eigenvalue weighted by Gasteiger charge is -2.33. The Hall–Kier alpha value is -2.28. The fraction of sp³-hybridized carbons (Fsp3) is 0.467. The number of hydrogen-bond acceptors (Lipinski definition) is 4. The Morgan fingerprint density at radius 3 is 2.36 bits per heavy atom. The fourth-order valence-electron chi connectivity index (χ4n) is 2.33. The van der Waals surface area contributed by atoms with E-state index in [4.69, 9.17) is 10.5 Å². The molecule has 0 saturated carbocycles. The number of nitrogens with two attached hydrogens (primary N) is 1. The van der Waals surface area contributed by atoms with Gasteiger partial charge in [0.05, 0.1) is 13.7 Å². The topological polar surface area (TPSA) is 87.9 Å². The van der Waals surface area contributed by atoms with Crippen LogP contribution in [0.2, 0.25) is 0 Å². The van der Waals surface area contributed by atoms with Crippen molar-refractivity contribution >= 4 is 11.9 Å². The Balaban J connectivity index is 1.70. The minimum atomic E-state index is -0.399. The first-order valence-electron chi connectivity index (χ1n) is 7.25. The van der Waals surface area contributed by atoms with Crippen molar-refractivity contribution in [3.05, 3.63) is 29.8 Å². The van der Waals surface area contributed by atoms with Crippen LogP contribution in [0.5, 0.6) is 5.75 Å². The summed E-state index contributed by atoms with van der Waals surface area (Å²) < 4.78 is 5.09. The van der Waals surface area contributed by atoms with Gasteiger partial charge in [0.15, 0.2) is 0 Å². The summed E-state index contributed by atoms with van der Waals surface area (Å²) in [4.78, 5) is 26.6. The Morgan fingerprint density at radius 1 is 1.18 bits per heavy atom. The van der Waals surface area contributed by atoms with Gasteiger partial charge in [-0.15, -0.1) is 0 Å². The molecule has 3 N–H and O–H groups in total. The van der Waals surface area contributed by atoms with E-state index in [0.29, 0.717) is 39.3 Å². The summed E-state index contributed by atoms with van der Waals surface area (Å²) in [6.45, 7) is 3.30. The number of primary amides is 1. The second-order valence-electron chi connectivity index (χ2n) is 5.23. The van der Waals surface area contributed by atoms with Crippen molar-refractivity contribution in [2.45, 2.75) is 6.54 Å². The van der Waals surface area contributed by atoms with Crippen molar-refractivity contribution in [2.24, 2.45) is 5.73 Å². The zero-order valence-corrected chi connectivity index (χ0v) is 12.7. The third-order valence-corrected chi connectivity index (χ3v) is 3.70. The van der Waals surface area contributed by atoms with Crippen LogP contribution in [-0.4, -0.2) is 61.6 Å². The molecular formula is C15H22N4O3. The first-order chi connectivity index (χ1) is 10.6. The van der Waals surface area contributed by atoms with Gasteiger partial charge in [-0.05, 0) is 17.7 Å². The number of hydrogen-bond donors (Lipinski definition) is 2. The van der Waals surface area contributed by atoms with E-state index in [-0.39, 0.29) is 5.91 Å². The number of ether oxygens (including phenoxy) is 1. The number of benzene rings is 1. The van der Waals surface area contributed by atoms with E-state index in [1.54, 1.807) is 12.0 Å². The third-order valence-electron chi connectivity index (χ3n) is 3.70. The molecule has 120 valence electrons. The summed E-state index contributed by atoms with van der Waals surface area (Å²) in [5, 5.41) is 2.89. The van der Waals surface area contributed by atoms with Crippen LogP contribution in [0.15, 0.2) is 24.3 Å². The van der Waals surface area contributed by atoms with Crippen LogP contribution < -0.4 is 15.8 Å². The average Bonchev–Trinajstić information content (AvgIpc) is 2.54. The van der Waals surface area contributed by atoms with Gasteiger partial charge in [0, 0.05) is 32.7 Å². The van der Waals surface area contributed by atoms with Crippen molar-refractivity contribution in [3.63, 3.8) is 0 Å². The summed E-state index contributed by atoms with van der Waals surface area (Å²) in [7, 11) is 1.62. The highest BCUT2D eigenvalue weighted by Crippen LogP contribution is 2.10. The monoisotopic (exact) mass is 306 g/mol. The number of rotatable bonds is 5. The van der Waals surface area contributed by atoms with E-state index in [2.05, 4.69) is 5.32 Å². The van der Waals surface area contributed by atoms with Gasteiger partial charge >= 0.3 is 6.03 Å². The molecule has 0 aliphatic carbocycles. The first kappa shape index (κ1) is 16.1. The molecule has 1 aliphatic heterocycles. The molecule has 1 fully saturated rings. The molecule has 0 radical (unpaired) electrons. The molecule has 7 nitrogen and oxygen atoms in total. The maximum absolute atomic E-state index is 11.9. The normalized spacial score (nSPS) is 15.4. The van der Waals surface area contributed by atoms with Gasteiger partial charge in [-0.1, -0.05) is 12.1 Å². The van der Waals surface area contributed by atoms with E-state index < -0.39 is 6.03 Å². The largest absolute Gasteiger partial charge is 0.497 e. The van der Waals surface area contributed by atoms with E-state index in [1.165, 1.54) is 0 Å². The second-order valence-corrected chi connectivity index (χ2v) is 5.23. The Morgan fingerprint density at radius 2 is 1.82 bits per heavy atom. The van der Waals surface area contributed by atoms with Gasteiger partial charge in [0.25, 0.3) is 0 Å². The predicted octanol–water partition coefficient (Wildman–Crippen LogP) is 0.00770. The minimum Gasteiger partial charge on any atom is -0.497 e. The molecule has 0 bridgehead atoms. The molecule has 0 atom stereocenters. The smallest absolute Gasteiger partial charge is 0.314 e. The van der Waals surface area contributed by atoms with Crippen LogP contribution >= 0.6 is 0 Å². The molecule has 0 unspecified atom stereocenters. The summed E-state index contributed by atoms with van der Waals surface area (Å²) in [6, 6.07) is 7.17. The summed E-state index contributed by atoms with van der Waals surface area (Å²) >= 11 is 0. The van der Waals surface area contributed by atoms with Crippen LogP contribution in [0, 0.1) is 0 Å². The maximum atomic E-state index is 11.9. The molecule has 1 aromatic carbocycles. The second kappa shape index (κ2) is 7.65. The SMILES string of the molecule is COc1ccc(CNC(=O)CN2CCN(C(N)=O)CC2)cc1. The predicted molar refractivity (Wildman–Crippen MR) is 82.4 cm³/mol. The molecule has 1 heterocycles. The number of carbonyl (C=O) groups excluding carboxylic acids is 2. The summed E-state index contributed by atoms with van der Waals surface area (Å²) in [5.74, 6) is 0.769. The molecule has 0 aromatic heterocycles. The van der Waals surface area contributed by atoms with Crippen LogP contribution in [0.25, 0.3) is 0 Å². The standard InChI is InChI=1S/C15H22N4O3/c1-22-13-4-2-12(3-5-13)10-17-14(20)11-18-6-8-19(9-7-18)15(16)21/h2-5H,6-11H2,1H3,(H2,16,21)(H,17,20). The highest BCUT2D eigenvalue weighted by atomic mass is 16.5. The van der Waals surface area contributed by atoms with Gasteiger partial charge < -0.3 is 20.7 Å². The van der Waals surface area contributed by atoms with Gasteiger partial charge in [-0.25, -0.2) is 4.79 Å². The minimum absolute atomic E-state index is 0.0247. The molecule has 1 aliphatic rings. The highest BCUT2D eigenvalue weighted by molar-refractivity contribution is 5.78. The maximum Gasteiger partial charge on any atom is 0.314 e. The zero-order chi connectivity index (χ0) is 15.9. The van der Waals surface area contributed by atoms with Crippen LogP contribution in [0.4, 0.5) is 4.79 Å². The van der Waals surface area contributed by atoms with E-state index >= 15 is 0 Å². The quantitative estimate of drug-likeness (QED) is 0.802. The third kappa shape index (κ3) is 4.63. The van der Waals surface area contributed by atoms with Gasteiger partial charge in [0.1, 0.15) is 5.75 Å². The Bertz CT molecular complexity index is 510. The van der Waals surface area contributed by atoms with Gasteiger partial charge in [-0.2, -0.15) is 0 Å². The summed E-state index contributed by atoms with van der Waals surface area (Å²) in [5.41, 5.74) is 6.25. The number of piperazine rings is 1. The first-order valence-corrected chi connectivity index (χ1v) is 7.25. The van der Waals surface area contributed by atoms with E-state index in [9.17, 15) is 9.59 Å². The number of urea groups is 1. The average molecular weight is 306 g/mol. The molecule has 2 rings (SSSR count). The van der Waals surface area contributed by atoms with Crippen molar-refractivity contribution < 1.29 is 14.3 Å². The molecular weight excluding hydrogens is 284 g/mol. The van der Waals surface area contributed by atoms with Crippen molar-refractivity contribution in [2.75, 3.05) is 39.8 Å². The van der Waals surface area contributed by atoms with Crippen molar-refractivity contribution in [3.8, 4) is 5.75 Å². The Labute approximate surface area is 130 Å². The number of carbonyl (C=O) groups is 2. The number of amides is 3. The molecule has 0 spiro atoms. The van der Waals surface area contributed by atoms with Gasteiger partial charge in [0.2, 0.25) is 5.91 Å². The summed E-state index contributed by atoms with van der Waals surface area (Å²) in [6.07, 6.45) is 0. The number of methoxy groups -OCH3 is 1. The van der Waals surface area contributed by atoms with Crippen molar-refractivity contribution in [1.82, 2.24) is 15.1 Å². The molecule has 3 amide bonds. The number of nitrogens with one attached hydrogen (secondary N) is 1. The Kier molecular flexibility index (Phi) is 5.60. The molecule has 1 saturated heterocycles. The highest BCUT2D eigenvalue weighted by Gasteiger charge is 2.20. The van der Waals surface area contributed by atoms with Crippen molar-refractivity contribution in [1.29, 1.82) is 0 Å². The van der Waals surface area contributed by atoms with E-state index in [1.807, 2.05) is 29.2 Å². The molecule has 22 heavy (non-hydrogen) atoms. The number of nitrogens with zero attached hydrogens (tertiary/aromatic N) is 2. The lowest BCUT2D eigenvalue weighted by atomic mass is 10.2. The molecule has 1 aromatic rings. The lowest BCUT2D eigenvalue weighted by molar-refractivity contribution is -0.122. The lowest BCUT2D eigenvalue weighted by Crippen LogP contribution is -2.52. The van der Waals surface area contributed by atoms with Gasteiger partial charge in [-0.3, -0.25) is 9.69 Å². The van der Waals surface area contributed by atoms with Crippen LogP contribution in [0.1, 0.15) is 5.56 Å². The fourth-order valence-corrected chi connectivity index (χ4v) is 2.33.